The van der Waals surface area contributed by atoms with Gasteiger partial charge >= 0.3 is 0 Å². The molecule has 1 aromatic heterocycles. The second-order valence-corrected chi connectivity index (χ2v) is 3.73. The monoisotopic (exact) mass is 161 g/mol. The van der Waals surface area contributed by atoms with Crippen molar-refractivity contribution in [2.45, 2.75) is 26.7 Å². The third-order valence-electron chi connectivity index (χ3n) is 2.58. The summed E-state index contributed by atoms with van der Waals surface area (Å²) in [6.45, 7) is 4.55. The molecule has 1 aliphatic rings. The lowest BCUT2D eigenvalue weighted by atomic mass is 9.94. The Morgan fingerprint density at radius 1 is 1.42 bits per heavy atom. The number of nitrogens with one attached hydrogen (secondary N) is 1. The fourth-order valence-corrected chi connectivity index (χ4v) is 1.94. The second-order valence-electron chi connectivity index (χ2n) is 3.73. The summed E-state index contributed by atoms with van der Waals surface area (Å²) in [6.07, 6.45) is 6.76. The van der Waals surface area contributed by atoms with Crippen molar-refractivity contribution in [3.8, 4) is 0 Å². The van der Waals surface area contributed by atoms with Crippen molar-refractivity contribution in [2.75, 3.05) is 0 Å². The van der Waals surface area contributed by atoms with Crippen molar-refractivity contribution < 1.29 is 0 Å². The maximum absolute atomic E-state index is 3.27. The zero-order valence-electron chi connectivity index (χ0n) is 7.72. The molecule has 0 fully saturated rings. The Labute approximate surface area is 72.8 Å². The molecule has 1 heterocycles. The number of aromatic nitrogens is 1. The second kappa shape index (κ2) is 2.81. The highest BCUT2D eigenvalue weighted by molar-refractivity contribution is 5.51. The molecule has 0 spiro atoms. The number of fused-ring (bicyclic) bond motifs is 1. The van der Waals surface area contributed by atoms with E-state index in [9.17, 15) is 0 Å². The van der Waals surface area contributed by atoms with Crippen LogP contribution in [-0.4, -0.2) is 4.98 Å². The number of rotatable bonds is 1. The van der Waals surface area contributed by atoms with E-state index in [0.717, 1.165) is 0 Å². The van der Waals surface area contributed by atoms with Crippen LogP contribution >= 0.6 is 0 Å². The molecule has 0 saturated carbocycles. The van der Waals surface area contributed by atoms with Gasteiger partial charge in [0.05, 0.1) is 0 Å². The first-order valence-corrected chi connectivity index (χ1v) is 4.65. The molecule has 12 heavy (non-hydrogen) atoms. The standard InChI is InChI=1S/C11H15N/c1-8(2)9-4-3-5-11-10(9)6-7-12-11/h5-8,12H,3-4H2,1-2H3. The van der Waals surface area contributed by atoms with Gasteiger partial charge in [-0.1, -0.05) is 25.5 Å². The predicted octanol–water partition coefficient (Wildman–Crippen LogP) is 1.40. The zero-order valence-corrected chi connectivity index (χ0v) is 7.72. The lowest BCUT2D eigenvalue weighted by Gasteiger charge is -2.12. The number of H-pyrrole nitrogens is 1. The summed E-state index contributed by atoms with van der Waals surface area (Å²) >= 11 is 0. The maximum atomic E-state index is 3.27. The Balaban J connectivity index is 2.72. The summed E-state index contributed by atoms with van der Waals surface area (Å²) in [5.41, 5.74) is 1.61. The fourth-order valence-electron chi connectivity index (χ4n) is 1.94. The van der Waals surface area contributed by atoms with E-state index in [1.165, 1.54) is 23.4 Å². The third-order valence-corrected chi connectivity index (χ3v) is 2.58. The van der Waals surface area contributed by atoms with Crippen LogP contribution in [0.3, 0.4) is 0 Å². The van der Waals surface area contributed by atoms with Crippen LogP contribution < -0.4 is 10.6 Å². The third kappa shape index (κ3) is 1.09. The van der Waals surface area contributed by atoms with E-state index in [1.54, 1.807) is 5.57 Å². The van der Waals surface area contributed by atoms with Crippen LogP contribution in [-0.2, 0) is 0 Å². The molecular formula is C11H15N. The van der Waals surface area contributed by atoms with Crippen molar-refractivity contribution in [3.63, 3.8) is 0 Å². The van der Waals surface area contributed by atoms with Gasteiger partial charge in [0.2, 0.25) is 0 Å². The highest BCUT2D eigenvalue weighted by atomic mass is 14.6. The minimum absolute atomic E-state index is 0.688. The summed E-state index contributed by atoms with van der Waals surface area (Å²) in [7, 11) is 0. The maximum Gasteiger partial charge on any atom is 0.0413 e. The van der Waals surface area contributed by atoms with Crippen LogP contribution in [0.1, 0.15) is 26.7 Å². The Kier molecular flexibility index (Phi) is 1.80. The SMILES string of the molecule is CC(C)C1=c2cc[nH]c2=CCC1. The van der Waals surface area contributed by atoms with Crippen LogP contribution in [0.4, 0.5) is 0 Å². The van der Waals surface area contributed by atoms with E-state index >= 15 is 0 Å². The largest absolute Gasteiger partial charge is 0.361 e. The topological polar surface area (TPSA) is 15.8 Å². The van der Waals surface area contributed by atoms with Crippen LogP contribution in [0.15, 0.2) is 12.3 Å². The number of hydrogen-bond acceptors (Lipinski definition) is 0. The first-order valence-electron chi connectivity index (χ1n) is 4.65. The Hall–Kier alpha value is -0.980. The van der Waals surface area contributed by atoms with E-state index in [1.807, 2.05) is 6.20 Å². The fraction of sp³-hybridized carbons (Fsp3) is 0.455. The minimum atomic E-state index is 0.688. The van der Waals surface area contributed by atoms with Gasteiger partial charge < -0.3 is 4.98 Å². The summed E-state index contributed by atoms with van der Waals surface area (Å²) < 4.78 is 0. The molecule has 1 N–H and O–H groups in total. The molecule has 0 amide bonds. The molecule has 1 aliphatic carbocycles. The lowest BCUT2D eigenvalue weighted by Crippen LogP contribution is -2.29. The molecule has 0 aromatic carbocycles. The van der Waals surface area contributed by atoms with Gasteiger partial charge in [0.25, 0.3) is 0 Å². The Bertz CT molecular complexity index is 381. The highest BCUT2D eigenvalue weighted by Crippen LogP contribution is 2.16. The van der Waals surface area contributed by atoms with Gasteiger partial charge in [-0.25, -0.2) is 0 Å². The normalized spacial score (nSPS) is 16.1. The summed E-state index contributed by atoms with van der Waals surface area (Å²) in [6, 6.07) is 2.19. The predicted molar refractivity (Wildman–Crippen MR) is 52.0 cm³/mol. The van der Waals surface area contributed by atoms with Crippen molar-refractivity contribution >= 4 is 11.6 Å². The first-order chi connectivity index (χ1) is 5.79. The van der Waals surface area contributed by atoms with Crippen LogP contribution in [0.25, 0.3) is 11.6 Å². The molecular weight excluding hydrogens is 146 g/mol. The van der Waals surface area contributed by atoms with Gasteiger partial charge in [-0.05, 0) is 30.0 Å². The average molecular weight is 161 g/mol. The van der Waals surface area contributed by atoms with Gasteiger partial charge in [0, 0.05) is 11.5 Å². The Morgan fingerprint density at radius 2 is 2.25 bits per heavy atom. The van der Waals surface area contributed by atoms with Gasteiger partial charge in [0.1, 0.15) is 0 Å². The van der Waals surface area contributed by atoms with Crippen molar-refractivity contribution in [1.29, 1.82) is 0 Å². The van der Waals surface area contributed by atoms with Crippen LogP contribution in [0, 0.1) is 5.92 Å². The van der Waals surface area contributed by atoms with Gasteiger partial charge in [-0.3, -0.25) is 0 Å². The molecule has 0 radical (unpaired) electrons. The van der Waals surface area contributed by atoms with Gasteiger partial charge in [0.15, 0.2) is 0 Å². The molecule has 64 valence electrons. The summed E-state index contributed by atoms with van der Waals surface area (Å²) in [5.74, 6) is 0.688. The smallest absolute Gasteiger partial charge is 0.0413 e. The molecule has 1 aromatic rings. The molecule has 0 bridgehead atoms. The van der Waals surface area contributed by atoms with Crippen LogP contribution in [0.5, 0.6) is 0 Å². The van der Waals surface area contributed by atoms with Crippen molar-refractivity contribution in [1.82, 2.24) is 4.98 Å². The van der Waals surface area contributed by atoms with Crippen molar-refractivity contribution in [3.05, 3.63) is 22.8 Å². The molecule has 2 rings (SSSR count). The molecule has 0 saturated heterocycles. The molecule has 1 nitrogen and oxygen atoms in total. The van der Waals surface area contributed by atoms with Gasteiger partial charge in [-0.2, -0.15) is 0 Å². The number of aromatic amines is 1. The Morgan fingerprint density at radius 3 is 3.00 bits per heavy atom. The minimum Gasteiger partial charge on any atom is -0.361 e. The molecule has 1 heteroatoms. The lowest BCUT2D eigenvalue weighted by molar-refractivity contribution is 0.796. The van der Waals surface area contributed by atoms with E-state index in [2.05, 4.69) is 31.0 Å². The van der Waals surface area contributed by atoms with Crippen LogP contribution in [0.2, 0.25) is 0 Å². The number of hydrogen-bond donors (Lipinski definition) is 1. The van der Waals surface area contributed by atoms with E-state index in [-0.39, 0.29) is 0 Å². The van der Waals surface area contributed by atoms with Gasteiger partial charge in [-0.15, -0.1) is 0 Å². The average Bonchev–Trinajstić information content (AvgIpc) is 2.49. The van der Waals surface area contributed by atoms with E-state index < -0.39 is 0 Å². The zero-order chi connectivity index (χ0) is 8.55. The first kappa shape index (κ1) is 7.66. The molecule has 0 aliphatic heterocycles. The van der Waals surface area contributed by atoms with E-state index in [4.69, 9.17) is 0 Å². The quantitative estimate of drug-likeness (QED) is 0.640. The molecule has 0 unspecified atom stereocenters. The van der Waals surface area contributed by atoms with E-state index in [0.29, 0.717) is 5.92 Å². The highest BCUT2D eigenvalue weighted by Gasteiger charge is 2.07. The van der Waals surface area contributed by atoms with Crippen molar-refractivity contribution in [2.24, 2.45) is 5.92 Å². The molecule has 0 atom stereocenters. The summed E-state index contributed by atoms with van der Waals surface area (Å²) in [4.78, 5) is 3.27. The summed E-state index contributed by atoms with van der Waals surface area (Å²) in [5, 5.41) is 2.77.